The summed E-state index contributed by atoms with van der Waals surface area (Å²) in [7, 11) is 1.33. The van der Waals surface area contributed by atoms with Gasteiger partial charge in [-0.3, -0.25) is 14.9 Å². The van der Waals surface area contributed by atoms with Crippen LogP contribution in [0.3, 0.4) is 0 Å². The van der Waals surface area contributed by atoms with E-state index in [1.54, 1.807) is 18.2 Å². The maximum Gasteiger partial charge on any atom is 0.311 e. The first-order valence-corrected chi connectivity index (χ1v) is 10.5. The Morgan fingerprint density at radius 3 is 2.64 bits per heavy atom. The molecular weight excluding hydrogens is 446 g/mol. The van der Waals surface area contributed by atoms with Crippen molar-refractivity contribution >= 4 is 40.0 Å². The fraction of sp³-hybridized carbons (Fsp3) is 0.167. The van der Waals surface area contributed by atoms with Gasteiger partial charge in [0, 0.05) is 17.3 Å². The highest BCUT2D eigenvalue weighted by Crippen LogP contribution is 2.34. The van der Waals surface area contributed by atoms with Gasteiger partial charge in [0.25, 0.3) is 5.91 Å². The van der Waals surface area contributed by atoms with E-state index in [1.165, 1.54) is 19.2 Å². The number of hydrogen-bond acceptors (Lipinski definition) is 6. The summed E-state index contributed by atoms with van der Waals surface area (Å²) in [6.45, 7) is 4.20. The van der Waals surface area contributed by atoms with Crippen molar-refractivity contribution in [1.82, 2.24) is 4.98 Å². The number of nitrogens with one attached hydrogen (secondary N) is 1. The van der Waals surface area contributed by atoms with Crippen molar-refractivity contribution in [1.29, 1.82) is 0 Å². The number of methoxy groups -OCH3 is 1. The van der Waals surface area contributed by atoms with E-state index in [9.17, 15) is 14.9 Å². The van der Waals surface area contributed by atoms with Crippen LogP contribution in [0.4, 0.5) is 11.4 Å². The molecule has 4 rings (SSSR count). The molecule has 0 unspecified atom stereocenters. The van der Waals surface area contributed by atoms with Crippen LogP contribution in [0, 0.1) is 10.1 Å². The molecule has 0 fully saturated rings. The quantitative estimate of drug-likeness (QED) is 0.259. The molecule has 0 aliphatic heterocycles. The molecule has 8 nitrogen and oxygen atoms in total. The van der Waals surface area contributed by atoms with Gasteiger partial charge in [-0.1, -0.05) is 31.5 Å². The lowest BCUT2D eigenvalue weighted by Crippen LogP contribution is -2.12. The van der Waals surface area contributed by atoms with Gasteiger partial charge >= 0.3 is 5.69 Å². The molecule has 0 radical (unpaired) electrons. The summed E-state index contributed by atoms with van der Waals surface area (Å²) in [6.07, 6.45) is 0. The number of halogens is 1. The number of nitro benzene ring substituents is 1. The first-order valence-electron chi connectivity index (χ1n) is 10.1. The number of oxazole rings is 1. The van der Waals surface area contributed by atoms with Crippen LogP contribution in [0.25, 0.3) is 22.6 Å². The van der Waals surface area contributed by atoms with E-state index in [4.69, 9.17) is 20.8 Å². The van der Waals surface area contributed by atoms with Crippen LogP contribution in [0.15, 0.2) is 59.0 Å². The van der Waals surface area contributed by atoms with Gasteiger partial charge in [-0.05, 0) is 53.9 Å². The molecule has 168 valence electrons. The standard InChI is InChI=1S/C24H20ClN3O5/c1-13(2)14-4-8-21-19(10-14)27-24(33-21)17-12-16(6-7-18(17)25)26-23(29)15-5-9-22(32-3)20(11-15)28(30)31/h4-13H,1-3H3,(H,26,29). The van der Waals surface area contributed by atoms with Gasteiger partial charge in [0.05, 0.1) is 22.6 Å². The van der Waals surface area contributed by atoms with Crippen molar-refractivity contribution in [2.75, 3.05) is 12.4 Å². The van der Waals surface area contributed by atoms with Crippen LogP contribution in [0.1, 0.15) is 35.7 Å². The van der Waals surface area contributed by atoms with Crippen LogP contribution in [0.5, 0.6) is 5.75 Å². The maximum atomic E-state index is 12.7. The number of aromatic nitrogens is 1. The third kappa shape index (κ3) is 4.51. The highest BCUT2D eigenvalue weighted by atomic mass is 35.5. The number of anilines is 1. The van der Waals surface area contributed by atoms with E-state index in [0.29, 0.717) is 39.2 Å². The second kappa shape index (κ2) is 8.91. The maximum absolute atomic E-state index is 12.7. The van der Waals surface area contributed by atoms with Crippen molar-refractivity contribution in [3.05, 3.63) is 80.9 Å². The Labute approximate surface area is 194 Å². The monoisotopic (exact) mass is 465 g/mol. The van der Waals surface area contributed by atoms with Crippen LogP contribution < -0.4 is 10.1 Å². The molecule has 3 aromatic carbocycles. The third-order valence-corrected chi connectivity index (χ3v) is 5.50. The lowest BCUT2D eigenvalue weighted by Gasteiger charge is -2.08. The molecule has 1 amide bonds. The lowest BCUT2D eigenvalue weighted by atomic mass is 10.0. The molecule has 0 aliphatic carbocycles. The minimum absolute atomic E-state index is 0.0712. The van der Waals surface area contributed by atoms with Gasteiger partial charge in [0.15, 0.2) is 11.3 Å². The van der Waals surface area contributed by atoms with Crippen LogP contribution in [-0.2, 0) is 0 Å². The average Bonchev–Trinajstić information content (AvgIpc) is 3.22. The van der Waals surface area contributed by atoms with E-state index in [-0.39, 0.29) is 17.0 Å². The summed E-state index contributed by atoms with van der Waals surface area (Å²) < 4.78 is 10.9. The zero-order valence-electron chi connectivity index (χ0n) is 18.1. The van der Waals surface area contributed by atoms with E-state index in [0.717, 1.165) is 11.6 Å². The number of ether oxygens (including phenoxy) is 1. The Morgan fingerprint density at radius 1 is 1.15 bits per heavy atom. The van der Waals surface area contributed by atoms with E-state index in [2.05, 4.69) is 24.1 Å². The Kier molecular flexibility index (Phi) is 6.02. The zero-order chi connectivity index (χ0) is 23.7. The van der Waals surface area contributed by atoms with Gasteiger partial charge in [0.1, 0.15) is 5.52 Å². The Hall–Kier alpha value is -3.91. The predicted octanol–water partition coefficient (Wildman–Crippen LogP) is 6.44. The van der Waals surface area contributed by atoms with Crippen LogP contribution in [0.2, 0.25) is 5.02 Å². The molecule has 0 atom stereocenters. The lowest BCUT2D eigenvalue weighted by molar-refractivity contribution is -0.385. The molecule has 33 heavy (non-hydrogen) atoms. The van der Waals surface area contributed by atoms with E-state index in [1.807, 2.05) is 18.2 Å². The number of amides is 1. The Balaban J connectivity index is 1.64. The Morgan fingerprint density at radius 2 is 1.94 bits per heavy atom. The first-order chi connectivity index (χ1) is 15.8. The molecule has 1 heterocycles. The molecule has 0 saturated carbocycles. The highest BCUT2D eigenvalue weighted by molar-refractivity contribution is 6.33. The number of nitro groups is 1. The predicted molar refractivity (Wildman–Crippen MR) is 126 cm³/mol. The third-order valence-electron chi connectivity index (χ3n) is 5.17. The van der Waals surface area contributed by atoms with Crippen molar-refractivity contribution in [2.24, 2.45) is 0 Å². The molecule has 9 heteroatoms. The van der Waals surface area contributed by atoms with Gasteiger partial charge in [-0.15, -0.1) is 0 Å². The van der Waals surface area contributed by atoms with Crippen molar-refractivity contribution < 1.29 is 18.9 Å². The first kappa shape index (κ1) is 22.3. The van der Waals surface area contributed by atoms with Crippen molar-refractivity contribution in [3.8, 4) is 17.2 Å². The van der Waals surface area contributed by atoms with E-state index >= 15 is 0 Å². The molecule has 1 aromatic heterocycles. The minimum atomic E-state index is -0.603. The Bertz CT molecular complexity index is 1380. The van der Waals surface area contributed by atoms with Gasteiger partial charge in [-0.2, -0.15) is 0 Å². The zero-order valence-corrected chi connectivity index (χ0v) is 18.8. The summed E-state index contributed by atoms with van der Waals surface area (Å²) >= 11 is 6.38. The second-order valence-corrected chi connectivity index (χ2v) is 8.10. The number of hydrogen-bond donors (Lipinski definition) is 1. The van der Waals surface area contributed by atoms with Crippen LogP contribution in [-0.4, -0.2) is 22.9 Å². The number of rotatable bonds is 6. The van der Waals surface area contributed by atoms with Crippen LogP contribution >= 0.6 is 11.6 Å². The normalized spacial score (nSPS) is 11.1. The summed E-state index contributed by atoms with van der Waals surface area (Å²) in [4.78, 5) is 27.9. The van der Waals surface area contributed by atoms with Crippen molar-refractivity contribution in [3.63, 3.8) is 0 Å². The molecule has 0 bridgehead atoms. The number of benzene rings is 3. The number of nitrogens with zero attached hydrogens (tertiary/aromatic N) is 2. The fourth-order valence-corrected chi connectivity index (χ4v) is 3.56. The largest absolute Gasteiger partial charge is 0.490 e. The summed E-state index contributed by atoms with van der Waals surface area (Å²) in [5.41, 5.74) is 3.25. The highest BCUT2D eigenvalue weighted by Gasteiger charge is 2.19. The molecule has 4 aromatic rings. The topological polar surface area (TPSA) is 108 Å². The van der Waals surface area contributed by atoms with Gasteiger partial charge < -0.3 is 14.5 Å². The minimum Gasteiger partial charge on any atom is -0.490 e. The summed E-state index contributed by atoms with van der Waals surface area (Å²) in [5, 5.41) is 14.4. The summed E-state index contributed by atoms with van der Waals surface area (Å²) in [5.74, 6) is 0.229. The number of carbonyl (C=O) groups is 1. The fourth-order valence-electron chi connectivity index (χ4n) is 3.36. The SMILES string of the molecule is COc1ccc(C(=O)Nc2ccc(Cl)c(-c3nc4cc(C(C)C)ccc4o3)c2)cc1[N+](=O)[O-]. The summed E-state index contributed by atoms with van der Waals surface area (Å²) in [6, 6.07) is 14.7. The number of carbonyl (C=O) groups excluding carboxylic acids is 1. The van der Waals surface area contributed by atoms with E-state index < -0.39 is 10.8 Å². The van der Waals surface area contributed by atoms with Gasteiger partial charge in [-0.25, -0.2) is 4.98 Å². The smallest absolute Gasteiger partial charge is 0.311 e. The molecular formula is C24H20ClN3O5. The van der Waals surface area contributed by atoms with Gasteiger partial charge in [0.2, 0.25) is 5.89 Å². The second-order valence-electron chi connectivity index (χ2n) is 7.69. The molecule has 0 saturated heterocycles. The number of fused-ring (bicyclic) bond motifs is 1. The molecule has 0 aliphatic rings. The molecule has 1 N–H and O–H groups in total. The molecule has 0 spiro atoms. The average molecular weight is 466 g/mol. The van der Waals surface area contributed by atoms with Crippen molar-refractivity contribution in [2.45, 2.75) is 19.8 Å².